The van der Waals surface area contributed by atoms with Crippen molar-refractivity contribution < 1.29 is 9.13 Å². The summed E-state index contributed by atoms with van der Waals surface area (Å²) < 4.78 is 18.5. The minimum atomic E-state index is -0.165. The van der Waals surface area contributed by atoms with Gasteiger partial charge in [0, 0.05) is 13.2 Å². The largest absolute Gasteiger partial charge is 0.380 e. The lowest BCUT2D eigenvalue weighted by molar-refractivity contribution is 0.0457. The predicted octanol–water partition coefficient (Wildman–Crippen LogP) is 2.56. The molecule has 4 heteroatoms. The van der Waals surface area contributed by atoms with Crippen LogP contribution >= 0.6 is 12.4 Å². The van der Waals surface area contributed by atoms with E-state index in [-0.39, 0.29) is 24.3 Å². The van der Waals surface area contributed by atoms with E-state index in [1.54, 1.807) is 19.2 Å². The molecule has 0 unspecified atom stereocenters. The van der Waals surface area contributed by atoms with Gasteiger partial charge in [-0.1, -0.05) is 12.1 Å². The average Bonchev–Trinajstić information content (AvgIpc) is 2.30. The number of piperidine rings is 1. The zero-order chi connectivity index (χ0) is 11.4. The number of rotatable bonds is 3. The summed E-state index contributed by atoms with van der Waals surface area (Å²) in [5.41, 5.74) is 1.03. The molecule has 2 atom stereocenters. The number of methoxy groups -OCH3 is 1. The lowest BCUT2D eigenvalue weighted by atomic mass is 9.95. The van der Waals surface area contributed by atoms with E-state index in [4.69, 9.17) is 4.74 Å². The van der Waals surface area contributed by atoms with Gasteiger partial charge in [0.05, 0.1) is 6.10 Å². The topological polar surface area (TPSA) is 21.3 Å². The van der Waals surface area contributed by atoms with Gasteiger partial charge in [-0.3, -0.25) is 0 Å². The molecule has 1 aliphatic heterocycles. The van der Waals surface area contributed by atoms with Gasteiger partial charge in [-0.2, -0.15) is 0 Å². The molecule has 2 nitrogen and oxygen atoms in total. The molecule has 0 aliphatic carbocycles. The van der Waals surface area contributed by atoms with Crippen LogP contribution in [0.1, 0.15) is 18.4 Å². The van der Waals surface area contributed by atoms with Gasteiger partial charge in [0.1, 0.15) is 5.82 Å². The van der Waals surface area contributed by atoms with Gasteiger partial charge in [-0.05, 0) is 43.5 Å². The highest BCUT2D eigenvalue weighted by atomic mass is 35.5. The average molecular weight is 260 g/mol. The molecule has 0 radical (unpaired) electrons. The zero-order valence-corrected chi connectivity index (χ0v) is 10.8. The summed E-state index contributed by atoms with van der Waals surface area (Å²) >= 11 is 0. The van der Waals surface area contributed by atoms with E-state index >= 15 is 0 Å². The molecule has 2 rings (SSSR count). The summed E-state index contributed by atoms with van der Waals surface area (Å²) in [4.78, 5) is 0. The maximum absolute atomic E-state index is 13.0. The molecule has 1 saturated heterocycles. The predicted molar refractivity (Wildman–Crippen MR) is 69.2 cm³/mol. The molecule has 96 valence electrons. The van der Waals surface area contributed by atoms with Crippen molar-refractivity contribution in [3.8, 4) is 0 Å². The van der Waals surface area contributed by atoms with Crippen LogP contribution < -0.4 is 5.32 Å². The van der Waals surface area contributed by atoms with Crippen LogP contribution in [-0.2, 0) is 11.2 Å². The smallest absolute Gasteiger partial charge is 0.123 e. The van der Waals surface area contributed by atoms with E-state index in [0.717, 1.165) is 31.4 Å². The van der Waals surface area contributed by atoms with Crippen LogP contribution in [0.5, 0.6) is 0 Å². The number of hydrogen-bond acceptors (Lipinski definition) is 2. The molecule has 0 spiro atoms. The number of benzene rings is 1. The molecule has 1 heterocycles. The molecule has 1 N–H and O–H groups in total. The Morgan fingerprint density at radius 3 is 3.00 bits per heavy atom. The number of ether oxygens (including phenoxy) is 1. The van der Waals surface area contributed by atoms with Crippen molar-refractivity contribution in [2.75, 3.05) is 13.7 Å². The van der Waals surface area contributed by atoms with E-state index in [2.05, 4.69) is 5.32 Å². The fourth-order valence-corrected chi connectivity index (χ4v) is 2.33. The molecule has 1 aromatic carbocycles. The van der Waals surface area contributed by atoms with E-state index in [0.29, 0.717) is 6.04 Å². The minimum Gasteiger partial charge on any atom is -0.380 e. The maximum atomic E-state index is 13.0. The highest BCUT2D eigenvalue weighted by Gasteiger charge is 2.24. The van der Waals surface area contributed by atoms with Crippen LogP contribution in [0.25, 0.3) is 0 Å². The molecule has 17 heavy (non-hydrogen) atoms. The Balaban J connectivity index is 0.00000144. The van der Waals surface area contributed by atoms with Gasteiger partial charge in [0.25, 0.3) is 0 Å². The molecule has 0 amide bonds. The van der Waals surface area contributed by atoms with Crippen molar-refractivity contribution in [2.24, 2.45) is 0 Å². The quantitative estimate of drug-likeness (QED) is 0.901. The van der Waals surface area contributed by atoms with E-state index in [1.165, 1.54) is 6.07 Å². The van der Waals surface area contributed by atoms with Crippen LogP contribution in [-0.4, -0.2) is 25.8 Å². The third-order valence-corrected chi connectivity index (χ3v) is 3.17. The fraction of sp³-hybridized carbons (Fsp3) is 0.538. The van der Waals surface area contributed by atoms with Gasteiger partial charge in [0.2, 0.25) is 0 Å². The second-order valence-electron chi connectivity index (χ2n) is 4.31. The summed E-state index contributed by atoms with van der Waals surface area (Å²) in [5.74, 6) is -0.165. The van der Waals surface area contributed by atoms with Crippen LogP contribution in [0.4, 0.5) is 4.39 Å². The third kappa shape index (κ3) is 3.95. The van der Waals surface area contributed by atoms with E-state index < -0.39 is 0 Å². The summed E-state index contributed by atoms with van der Waals surface area (Å²) in [5, 5.41) is 3.44. The Morgan fingerprint density at radius 2 is 2.29 bits per heavy atom. The van der Waals surface area contributed by atoms with Crippen molar-refractivity contribution in [2.45, 2.75) is 31.4 Å². The van der Waals surface area contributed by atoms with Crippen LogP contribution in [0, 0.1) is 5.82 Å². The first kappa shape index (κ1) is 14.4. The molecule has 1 aromatic rings. The Morgan fingerprint density at radius 1 is 1.47 bits per heavy atom. The van der Waals surface area contributed by atoms with Crippen molar-refractivity contribution in [1.82, 2.24) is 5.32 Å². The summed E-state index contributed by atoms with van der Waals surface area (Å²) in [6, 6.07) is 7.11. The van der Waals surface area contributed by atoms with Crippen LogP contribution in [0.2, 0.25) is 0 Å². The molecular formula is C13H19ClFNO. The lowest BCUT2D eigenvalue weighted by Gasteiger charge is -2.31. The molecule has 0 aromatic heterocycles. The lowest BCUT2D eigenvalue weighted by Crippen LogP contribution is -2.47. The minimum absolute atomic E-state index is 0. The third-order valence-electron chi connectivity index (χ3n) is 3.17. The molecule has 1 aliphatic rings. The molecule has 0 bridgehead atoms. The van der Waals surface area contributed by atoms with Gasteiger partial charge in [0.15, 0.2) is 0 Å². The van der Waals surface area contributed by atoms with E-state index in [9.17, 15) is 4.39 Å². The molecule has 1 fully saturated rings. The van der Waals surface area contributed by atoms with Crippen molar-refractivity contribution >= 4 is 12.4 Å². The van der Waals surface area contributed by atoms with Crippen LogP contribution in [0.15, 0.2) is 24.3 Å². The summed E-state index contributed by atoms with van der Waals surface area (Å²) in [6.07, 6.45) is 3.31. The first-order chi connectivity index (χ1) is 7.79. The van der Waals surface area contributed by atoms with Gasteiger partial charge in [-0.25, -0.2) is 4.39 Å². The summed E-state index contributed by atoms with van der Waals surface area (Å²) in [7, 11) is 1.75. The first-order valence-corrected chi connectivity index (χ1v) is 5.80. The Labute approximate surface area is 108 Å². The Bertz CT molecular complexity index is 348. The molecule has 0 saturated carbocycles. The second-order valence-corrected chi connectivity index (χ2v) is 4.31. The highest BCUT2D eigenvalue weighted by Crippen LogP contribution is 2.16. The Hall–Kier alpha value is -0.640. The fourth-order valence-electron chi connectivity index (χ4n) is 2.33. The van der Waals surface area contributed by atoms with E-state index in [1.807, 2.05) is 6.07 Å². The second kappa shape index (κ2) is 6.94. The maximum Gasteiger partial charge on any atom is 0.123 e. The number of halogens is 2. The van der Waals surface area contributed by atoms with Gasteiger partial charge in [-0.15, -0.1) is 12.4 Å². The summed E-state index contributed by atoms with van der Waals surface area (Å²) in [6.45, 7) is 1.03. The standard InChI is InChI=1S/C13H18FNO.ClH/c1-16-13-6-3-7-15-12(13)9-10-4-2-5-11(14)8-10;/h2,4-5,8,12-13,15H,3,6-7,9H2,1H3;1H/t12-,13-;/m0./s1. The van der Waals surface area contributed by atoms with Gasteiger partial charge < -0.3 is 10.1 Å². The van der Waals surface area contributed by atoms with Gasteiger partial charge >= 0.3 is 0 Å². The highest BCUT2D eigenvalue weighted by molar-refractivity contribution is 5.85. The SMILES string of the molecule is CO[C@H]1CCCN[C@H]1Cc1cccc(F)c1.Cl. The van der Waals surface area contributed by atoms with Crippen molar-refractivity contribution in [3.63, 3.8) is 0 Å². The molecular weight excluding hydrogens is 241 g/mol. The monoisotopic (exact) mass is 259 g/mol. The first-order valence-electron chi connectivity index (χ1n) is 5.80. The van der Waals surface area contributed by atoms with Crippen molar-refractivity contribution in [3.05, 3.63) is 35.6 Å². The number of nitrogens with one attached hydrogen (secondary N) is 1. The van der Waals surface area contributed by atoms with Crippen molar-refractivity contribution in [1.29, 1.82) is 0 Å². The number of hydrogen-bond donors (Lipinski definition) is 1. The normalized spacial score (nSPS) is 24.1. The zero-order valence-electron chi connectivity index (χ0n) is 9.99. The van der Waals surface area contributed by atoms with Crippen LogP contribution in [0.3, 0.4) is 0 Å². The Kier molecular flexibility index (Phi) is 5.89.